The van der Waals surface area contributed by atoms with E-state index in [0.717, 1.165) is 12.3 Å². The van der Waals surface area contributed by atoms with Crippen LogP contribution in [0.4, 0.5) is 0 Å². The highest BCUT2D eigenvalue weighted by Crippen LogP contribution is 2.38. The molecule has 1 nitrogen and oxygen atoms in total. The summed E-state index contributed by atoms with van der Waals surface area (Å²) in [5.74, 6) is 2.64. The van der Waals surface area contributed by atoms with E-state index in [9.17, 15) is 0 Å². The van der Waals surface area contributed by atoms with Crippen LogP contribution in [0.25, 0.3) is 0 Å². The van der Waals surface area contributed by atoms with Crippen molar-refractivity contribution in [3.8, 4) is 0 Å². The smallest absolute Gasteiger partial charge is 0.234 e. The summed E-state index contributed by atoms with van der Waals surface area (Å²) in [6.45, 7) is 26.3. The third kappa shape index (κ3) is 10.9. The molecule has 0 bridgehead atoms. The molecule has 35 heavy (non-hydrogen) atoms. The summed E-state index contributed by atoms with van der Waals surface area (Å²) >= 11 is 0. The summed E-state index contributed by atoms with van der Waals surface area (Å²) in [5.41, 5.74) is 3.15. The quantitative estimate of drug-likeness (QED) is 0.108. The Morgan fingerprint density at radius 1 is 0.771 bits per heavy atom. The third-order valence-electron chi connectivity index (χ3n) is 8.36. The van der Waals surface area contributed by atoms with Crippen molar-refractivity contribution in [1.29, 1.82) is 0 Å². The van der Waals surface area contributed by atoms with Crippen LogP contribution in [0.2, 0.25) is 5.82 Å². The van der Waals surface area contributed by atoms with Crippen molar-refractivity contribution in [2.24, 2.45) is 5.92 Å². The number of unbranched alkanes of at least 4 members (excludes halogenated alkanes) is 4. The minimum Gasteiger partial charge on any atom is -0.337 e. The zero-order chi connectivity index (χ0) is 26.4. The molecule has 4 unspecified atom stereocenters. The van der Waals surface area contributed by atoms with Crippen molar-refractivity contribution in [3.05, 3.63) is 48.0 Å². The van der Waals surface area contributed by atoms with Gasteiger partial charge in [-0.1, -0.05) is 138 Å². The highest BCUT2D eigenvalue weighted by molar-refractivity contribution is 6.59. The van der Waals surface area contributed by atoms with E-state index in [1.165, 1.54) is 57.8 Å². The lowest BCUT2D eigenvalue weighted by Crippen LogP contribution is -2.53. The minimum atomic E-state index is 0.521. The maximum atomic E-state index is 3.92. The predicted molar refractivity (Wildman–Crippen MR) is 162 cm³/mol. The van der Waals surface area contributed by atoms with Crippen LogP contribution in [-0.2, 0) is 0 Å². The van der Waals surface area contributed by atoms with Crippen molar-refractivity contribution in [2.75, 3.05) is 0 Å². The Hall–Kier alpha value is -1.02. The standard InChI is InChI=1S/C33H60BN/c1-11-13-15-17-20-28(7)24-25-30(9)34(35(26(3)4)27(5)6)31(10)33-23-19-18-22-32(33)29(8)21-16-14-12-2/h12,18-19,22-23,26-31H,2,11,13-17,20-21,24-25H2,1,3-10H3. The van der Waals surface area contributed by atoms with E-state index in [1.54, 1.807) is 11.1 Å². The van der Waals surface area contributed by atoms with Crippen LogP contribution in [0.5, 0.6) is 0 Å². The maximum absolute atomic E-state index is 3.92. The minimum absolute atomic E-state index is 0.521. The second kappa shape index (κ2) is 17.4. The first kappa shape index (κ1) is 32.0. The van der Waals surface area contributed by atoms with Crippen molar-refractivity contribution < 1.29 is 0 Å². The maximum Gasteiger partial charge on any atom is 0.234 e. The number of benzene rings is 1. The van der Waals surface area contributed by atoms with Crippen LogP contribution in [0.15, 0.2) is 36.9 Å². The molecule has 1 aromatic rings. The van der Waals surface area contributed by atoms with Gasteiger partial charge in [-0.25, -0.2) is 0 Å². The fourth-order valence-electron chi connectivity index (χ4n) is 6.39. The molecule has 0 heterocycles. The number of rotatable bonds is 19. The molecule has 4 atom stereocenters. The van der Waals surface area contributed by atoms with Gasteiger partial charge in [-0.05, 0) is 65.9 Å². The van der Waals surface area contributed by atoms with E-state index in [0.29, 0.717) is 36.5 Å². The van der Waals surface area contributed by atoms with Gasteiger partial charge in [0, 0.05) is 0 Å². The molecule has 0 fully saturated rings. The molecule has 200 valence electrons. The highest BCUT2D eigenvalue weighted by atomic mass is 15.1. The molecule has 0 aliphatic heterocycles. The zero-order valence-electron chi connectivity index (χ0n) is 25.2. The molecule has 0 saturated heterocycles. The van der Waals surface area contributed by atoms with Gasteiger partial charge in [0.2, 0.25) is 6.85 Å². The topological polar surface area (TPSA) is 3.24 Å². The Balaban J connectivity index is 3.12. The molecule has 0 spiro atoms. The number of hydrogen-bond donors (Lipinski definition) is 0. The molecule has 1 aromatic carbocycles. The normalized spacial score (nSPS) is 15.4. The van der Waals surface area contributed by atoms with E-state index in [4.69, 9.17) is 0 Å². The number of hydrogen-bond acceptors (Lipinski definition) is 1. The van der Waals surface area contributed by atoms with Gasteiger partial charge in [0.1, 0.15) is 0 Å². The van der Waals surface area contributed by atoms with Crippen LogP contribution >= 0.6 is 0 Å². The van der Waals surface area contributed by atoms with Crippen molar-refractivity contribution in [3.63, 3.8) is 0 Å². The van der Waals surface area contributed by atoms with Gasteiger partial charge < -0.3 is 4.81 Å². The SMILES string of the molecule is C=CCCCC(C)c1ccccc1C(C)B(C(C)CCC(C)CCCCCC)N(C(C)C)C(C)C. The summed E-state index contributed by atoms with van der Waals surface area (Å²) in [6.07, 6.45) is 15.3. The van der Waals surface area contributed by atoms with Crippen LogP contribution in [-0.4, -0.2) is 23.7 Å². The van der Waals surface area contributed by atoms with Crippen molar-refractivity contribution in [1.82, 2.24) is 4.81 Å². The van der Waals surface area contributed by atoms with E-state index < -0.39 is 0 Å². The first-order valence-corrected chi connectivity index (χ1v) is 15.1. The Kier molecular flexibility index (Phi) is 16.0. The summed E-state index contributed by atoms with van der Waals surface area (Å²) in [6, 6.07) is 10.4. The van der Waals surface area contributed by atoms with Crippen LogP contribution in [0, 0.1) is 5.92 Å². The van der Waals surface area contributed by atoms with Crippen LogP contribution < -0.4 is 0 Å². The molecule has 1 rings (SSSR count). The third-order valence-corrected chi connectivity index (χ3v) is 8.36. The van der Waals surface area contributed by atoms with Gasteiger partial charge in [0.25, 0.3) is 0 Å². The molecule has 0 N–H and O–H groups in total. The van der Waals surface area contributed by atoms with E-state index in [-0.39, 0.29) is 0 Å². The van der Waals surface area contributed by atoms with Gasteiger partial charge >= 0.3 is 0 Å². The first-order chi connectivity index (χ1) is 16.6. The number of allylic oxidation sites excluding steroid dienone is 1. The van der Waals surface area contributed by atoms with E-state index in [1.807, 2.05) is 0 Å². The molecule has 0 radical (unpaired) electrons. The Labute approximate surface area is 221 Å². The lowest BCUT2D eigenvalue weighted by molar-refractivity contribution is 0.290. The zero-order valence-corrected chi connectivity index (χ0v) is 25.2. The summed E-state index contributed by atoms with van der Waals surface area (Å²) in [7, 11) is 0. The molecular weight excluding hydrogens is 421 g/mol. The Morgan fingerprint density at radius 2 is 1.40 bits per heavy atom. The first-order valence-electron chi connectivity index (χ1n) is 15.1. The van der Waals surface area contributed by atoms with Crippen LogP contribution in [0.3, 0.4) is 0 Å². The van der Waals surface area contributed by atoms with Gasteiger partial charge in [-0.15, -0.1) is 6.58 Å². The fraction of sp³-hybridized carbons (Fsp3) is 0.758. The Bertz CT molecular complexity index is 673. The monoisotopic (exact) mass is 481 g/mol. The molecule has 0 aliphatic rings. The van der Waals surface area contributed by atoms with Gasteiger partial charge in [0.15, 0.2) is 0 Å². The average molecular weight is 482 g/mol. The van der Waals surface area contributed by atoms with Gasteiger partial charge in [-0.2, -0.15) is 0 Å². The summed E-state index contributed by atoms with van der Waals surface area (Å²) < 4.78 is 0. The Morgan fingerprint density at radius 3 is 1.97 bits per heavy atom. The van der Waals surface area contributed by atoms with E-state index in [2.05, 4.69) is 104 Å². The van der Waals surface area contributed by atoms with Crippen LogP contribution in [0.1, 0.15) is 149 Å². The lowest BCUT2D eigenvalue weighted by atomic mass is 9.39. The molecular formula is C33H60BN. The second-order valence-electron chi connectivity index (χ2n) is 12.2. The summed E-state index contributed by atoms with van der Waals surface area (Å²) in [4.78, 5) is 2.82. The van der Waals surface area contributed by atoms with Crippen molar-refractivity contribution in [2.45, 2.75) is 156 Å². The summed E-state index contributed by atoms with van der Waals surface area (Å²) in [5, 5.41) is 0. The lowest BCUT2D eigenvalue weighted by Gasteiger charge is -2.43. The highest BCUT2D eigenvalue weighted by Gasteiger charge is 2.38. The fourth-order valence-corrected chi connectivity index (χ4v) is 6.39. The molecule has 0 aliphatic carbocycles. The molecule has 0 saturated carbocycles. The second-order valence-corrected chi connectivity index (χ2v) is 12.2. The predicted octanol–water partition coefficient (Wildman–Crippen LogP) is 10.7. The molecule has 2 heteroatoms. The molecule has 0 aromatic heterocycles. The molecule has 0 amide bonds. The largest absolute Gasteiger partial charge is 0.337 e. The van der Waals surface area contributed by atoms with Gasteiger partial charge in [0.05, 0.1) is 0 Å². The number of nitrogens with zero attached hydrogens (tertiary/aromatic N) is 1. The average Bonchev–Trinajstić information content (AvgIpc) is 2.82. The van der Waals surface area contributed by atoms with Crippen molar-refractivity contribution >= 4 is 6.85 Å². The van der Waals surface area contributed by atoms with E-state index >= 15 is 0 Å². The van der Waals surface area contributed by atoms with Gasteiger partial charge in [-0.3, -0.25) is 0 Å².